The molecule has 1 amide bonds. The van der Waals surface area contributed by atoms with Gasteiger partial charge in [0.05, 0.1) is 19.8 Å². The lowest BCUT2D eigenvalue weighted by molar-refractivity contribution is 0.102. The number of hydrogen-bond acceptors (Lipinski definition) is 7. The summed E-state index contributed by atoms with van der Waals surface area (Å²) in [5, 5.41) is 16.3. The van der Waals surface area contributed by atoms with Gasteiger partial charge in [0, 0.05) is 17.3 Å². The topological polar surface area (TPSA) is 90.6 Å². The number of benzene rings is 2. The molecule has 2 aromatic heterocycles. The molecule has 142 valence electrons. The number of nitrogens with zero attached hydrogens (tertiary/aromatic N) is 4. The highest BCUT2D eigenvalue weighted by Crippen LogP contribution is 2.29. The van der Waals surface area contributed by atoms with Gasteiger partial charge in [0.15, 0.2) is 5.82 Å². The Morgan fingerprint density at radius 1 is 1.11 bits per heavy atom. The van der Waals surface area contributed by atoms with Gasteiger partial charge in [-0.15, -0.1) is 10.2 Å². The first kappa shape index (κ1) is 17.9. The molecular formula is C19H17N5O3S. The van der Waals surface area contributed by atoms with Crippen molar-refractivity contribution in [3.8, 4) is 22.1 Å². The lowest BCUT2D eigenvalue weighted by atomic mass is 10.1. The van der Waals surface area contributed by atoms with Crippen LogP contribution in [0.1, 0.15) is 16.2 Å². The van der Waals surface area contributed by atoms with Crippen LogP contribution in [0.15, 0.2) is 42.5 Å². The molecule has 0 aliphatic heterocycles. The molecule has 1 N–H and O–H groups in total. The molecule has 0 saturated heterocycles. The first-order chi connectivity index (χ1) is 13.6. The zero-order chi connectivity index (χ0) is 19.7. The van der Waals surface area contributed by atoms with E-state index in [0.29, 0.717) is 22.7 Å². The third-order valence-corrected chi connectivity index (χ3v) is 5.12. The second-order valence-corrected chi connectivity index (χ2v) is 6.91. The predicted octanol–water partition coefficient (Wildman–Crippen LogP) is 3.43. The maximum Gasteiger partial charge on any atom is 0.259 e. The van der Waals surface area contributed by atoms with Gasteiger partial charge in [-0.1, -0.05) is 23.5 Å². The minimum absolute atomic E-state index is 0.273. The zero-order valence-corrected chi connectivity index (χ0v) is 16.3. The van der Waals surface area contributed by atoms with Crippen LogP contribution in [0, 0.1) is 6.92 Å². The van der Waals surface area contributed by atoms with E-state index in [4.69, 9.17) is 9.47 Å². The maximum atomic E-state index is 12.7. The summed E-state index contributed by atoms with van der Waals surface area (Å²) >= 11 is 1.44. The number of amides is 1. The Morgan fingerprint density at radius 3 is 2.71 bits per heavy atom. The number of carbonyl (C=O) groups excluding carboxylic acids is 1. The molecule has 0 aliphatic carbocycles. The molecule has 0 aliphatic rings. The number of nitrogens with one attached hydrogen (secondary N) is 1. The van der Waals surface area contributed by atoms with Gasteiger partial charge in [0.1, 0.15) is 16.5 Å². The Morgan fingerprint density at radius 2 is 1.96 bits per heavy atom. The first-order valence-corrected chi connectivity index (χ1v) is 9.23. The molecular weight excluding hydrogens is 378 g/mol. The molecule has 0 saturated carbocycles. The summed E-state index contributed by atoms with van der Waals surface area (Å²) in [6, 6.07) is 12.6. The summed E-state index contributed by atoms with van der Waals surface area (Å²) in [5.74, 6) is 1.52. The van der Waals surface area contributed by atoms with E-state index in [9.17, 15) is 4.79 Å². The highest BCUT2D eigenvalue weighted by molar-refractivity contribution is 7.19. The molecule has 0 fully saturated rings. The molecule has 9 heteroatoms. The van der Waals surface area contributed by atoms with Gasteiger partial charge in [-0.3, -0.25) is 4.79 Å². The predicted molar refractivity (Wildman–Crippen MR) is 106 cm³/mol. The number of rotatable bonds is 5. The fraction of sp³-hybridized carbons (Fsp3) is 0.158. The van der Waals surface area contributed by atoms with Gasteiger partial charge in [0.2, 0.25) is 4.96 Å². The number of methoxy groups -OCH3 is 2. The van der Waals surface area contributed by atoms with Crippen LogP contribution in [-0.4, -0.2) is 39.9 Å². The van der Waals surface area contributed by atoms with Crippen molar-refractivity contribution < 1.29 is 14.3 Å². The van der Waals surface area contributed by atoms with Crippen LogP contribution in [0.5, 0.6) is 11.5 Å². The van der Waals surface area contributed by atoms with Crippen molar-refractivity contribution in [3.05, 3.63) is 53.9 Å². The summed E-state index contributed by atoms with van der Waals surface area (Å²) < 4.78 is 12.2. The Balaban J connectivity index is 1.60. The normalized spacial score (nSPS) is 10.8. The van der Waals surface area contributed by atoms with E-state index >= 15 is 0 Å². The highest BCUT2D eigenvalue weighted by Gasteiger charge is 2.15. The molecule has 0 spiro atoms. The lowest BCUT2D eigenvalue weighted by Gasteiger charge is -2.11. The largest absolute Gasteiger partial charge is 0.497 e. The van der Waals surface area contributed by atoms with Crippen molar-refractivity contribution in [2.24, 2.45) is 0 Å². The van der Waals surface area contributed by atoms with Gasteiger partial charge >= 0.3 is 0 Å². The van der Waals surface area contributed by atoms with Crippen molar-refractivity contribution in [1.82, 2.24) is 19.8 Å². The van der Waals surface area contributed by atoms with Gasteiger partial charge < -0.3 is 14.8 Å². The van der Waals surface area contributed by atoms with E-state index < -0.39 is 0 Å². The standard InChI is InChI=1S/C19H17N5O3S/c1-11-21-22-19-24(11)23-18(28-19)12-5-4-6-13(9-12)20-17(25)15-8-7-14(26-2)10-16(15)27-3/h4-10H,1-3H3,(H,20,25). The molecule has 0 bridgehead atoms. The molecule has 8 nitrogen and oxygen atoms in total. The third kappa shape index (κ3) is 3.27. The summed E-state index contributed by atoms with van der Waals surface area (Å²) in [4.78, 5) is 13.4. The maximum absolute atomic E-state index is 12.7. The van der Waals surface area contributed by atoms with E-state index in [1.165, 1.54) is 18.4 Å². The first-order valence-electron chi connectivity index (χ1n) is 8.41. The van der Waals surface area contributed by atoms with Crippen LogP contribution in [0.2, 0.25) is 0 Å². The zero-order valence-electron chi connectivity index (χ0n) is 15.5. The summed E-state index contributed by atoms with van der Waals surface area (Å²) in [6.45, 7) is 1.85. The van der Waals surface area contributed by atoms with E-state index in [0.717, 1.165) is 21.4 Å². The Kier molecular flexibility index (Phi) is 4.66. The highest BCUT2D eigenvalue weighted by atomic mass is 32.1. The fourth-order valence-corrected chi connectivity index (χ4v) is 3.63. The fourth-order valence-electron chi connectivity index (χ4n) is 2.75. The molecule has 0 unspecified atom stereocenters. The van der Waals surface area contributed by atoms with Crippen LogP contribution in [0.3, 0.4) is 0 Å². The molecule has 2 aromatic carbocycles. The smallest absolute Gasteiger partial charge is 0.259 e. The van der Waals surface area contributed by atoms with Crippen molar-refractivity contribution in [2.75, 3.05) is 19.5 Å². The SMILES string of the molecule is COc1ccc(C(=O)Nc2cccc(-c3nn4c(C)nnc4s3)c2)c(OC)c1. The van der Waals surface area contributed by atoms with Gasteiger partial charge in [-0.2, -0.15) is 9.61 Å². The van der Waals surface area contributed by atoms with Crippen molar-refractivity contribution in [3.63, 3.8) is 0 Å². The van der Waals surface area contributed by atoms with Crippen molar-refractivity contribution >= 4 is 27.9 Å². The number of fused-ring (bicyclic) bond motifs is 1. The molecule has 2 heterocycles. The van der Waals surface area contributed by atoms with E-state index in [-0.39, 0.29) is 5.91 Å². The summed E-state index contributed by atoms with van der Waals surface area (Å²) in [5.41, 5.74) is 1.96. The van der Waals surface area contributed by atoms with E-state index in [1.807, 2.05) is 31.2 Å². The number of hydrogen-bond donors (Lipinski definition) is 1. The number of ether oxygens (including phenoxy) is 2. The minimum Gasteiger partial charge on any atom is -0.497 e. The van der Waals surface area contributed by atoms with Gasteiger partial charge in [-0.25, -0.2) is 0 Å². The molecule has 4 rings (SSSR count). The second kappa shape index (κ2) is 7.28. The Hall–Kier alpha value is -3.46. The number of aromatic nitrogens is 4. The second-order valence-electron chi connectivity index (χ2n) is 5.95. The van der Waals surface area contributed by atoms with Gasteiger partial charge in [0.25, 0.3) is 5.91 Å². The quantitative estimate of drug-likeness (QED) is 0.557. The molecule has 28 heavy (non-hydrogen) atoms. The average Bonchev–Trinajstić information content (AvgIpc) is 3.29. The molecule has 0 radical (unpaired) electrons. The van der Waals surface area contributed by atoms with Crippen LogP contribution >= 0.6 is 11.3 Å². The third-order valence-electron chi connectivity index (χ3n) is 4.17. The van der Waals surface area contributed by atoms with Crippen LogP contribution < -0.4 is 14.8 Å². The van der Waals surface area contributed by atoms with Crippen molar-refractivity contribution in [1.29, 1.82) is 0 Å². The molecule has 4 aromatic rings. The Labute approximate surface area is 164 Å². The van der Waals surface area contributed by atoms with Crippen molar-refractivity contribution in [2.45, 2.75) is 6.92 Å². The summed E-state index contributed by atoms with van der Waals surface area (Å²) in [7, 11) is 3.08. The lowest BCUT2D eigenvalue weighted by Crippen LogP contribution is -2.13. The Bertz CT molecular complexity index is 1170. The monoisotopic (exact) mass is 395 g/mol. The molecule has 0 atom stereocenters. The number of anilines is 1. The van der Waals surface area contributed by atoms with E-state index in [2.05, 4.69) is 20.6 Å². The van der Waals surface area contributed by atoms with E-state index in [1.54, 1.807) is 29.8 Å². The van der Waals surface area contributed by atoms with Crippen LogP contribution in [-0.2, 0) is 0 Å². The van der Waals surface area contributed by atoms with Gasteiger partial charge in [-0.05, 0) is 31.2 Å². The van der Waals surface area contributed by atoms with Crippen LogP contribution in [0.25, 0.3) is 15.5 Å². The summed E-state index contributed by atoms with van der Waals surface area (Å²) in [6.07, 6.45) is 0. The number of aryl methyl sites for hydroxylation is 1. The number of carbonyl (C=O) groups is 1. The minimum atomic E-state index is -0.273. The van der Waals surface area contributed by atoms with Crippen LogP contribution in [0.4, 0.5) is 5.69 Å². The average molecular weight is 395 g/mol.